The van der Waals surface area contributed by atoms with Crippen LogP contribution in [0.25, 0.3) is 0 Å². The van der Waals surface area contributed by atoms with Gasteiger partial charge in [-0.25, -0.2) is 14.5 Å². The summed E-state index contributed by atoms with van der Waals surface area (Å²) in [5.41, 5.74) is -0.488. The number of aryl methyl sites for hydroxylation is 1. The molecule has 2 rings (SSSR count). The van der Waals surface area contributed by atoms with Gasteiger partial charge in [-0.1, -0.05) is 17.7 Å². The second-order valence-electron chi connectivity index (χ2n) is 9.60. The monoisotopic (exact) mass is 685 g/mol. The Morgan fingerprint density at radius 2 is 1.76 bits per heavy atom. The second kappa shape index (κ2) is 18.9. The minimum absolute atomic E-state index is 0.0426. The van der Waals surface area contributed by atoms with Crippen LogP contribution in [0.4, 0.5) is 18.0 Å². The number of amides is 1. The third-order valence-corrected chi connectivity index (χ3v) is 6.88. The second-order valence-corrected chi connectivity index (χ2v) is 11.5. The predicted molar refractivity (Wildman–Crippen MR) is 159 cm³/mol. The van der Waals surface area contributed by atoms with Crippen LogP contribution in [0.5, 0.6) is 17.4 Å². The van der Waals surface area contributed by atoms with Gasteiger partial charge in [0.05, 0.1) is 38.1 Å². The van der Waals surface area contributed by atoms with E-state index in [1.807, 2.05) is 13.8 Å². The van der Waals surface area contributed by atoms with Gasteiger partial charge in [-0.15, -0.1) is 0 Å². The maximum Gasteiger partial charge on any atom is 0.421 e. The molecule has 2 aromatic rings. The number of benzene rings is 1. The van der Waals surface area contributed by atoms with Crippen LogP contribution < -0.4 is 18.9 Å². The van der Waals surface area contributed by atoms with Crippen molar-refractivity contribution in [3.8, 4) is 17.4 Å². The van der Waals surface area contributed by atoms with E-state index >= 15 is 0 Å². The van der Waals surface area contributed by atoms with Crippen LogP contribution in [-0.4, -0.2) is 77.9 Å². The number of hydrogen-bond acceptors (Lipinski definition) is 10. The molecule has 0 aliphatic carbocycles. The first-order chi connectivity index (χ1) is 21.2. The van der Waals surface area contributed by atoms with Crippen LogP contribution in [0, 0.1) is 0 Å². The third kappa shape index (κ3) is 14.8. The molecule has 45 heavy (non-hydrogen) atoms. The van der Waals surface area contributed by atoms with Crippen molar-refractivity contribution in [2.75, 3.05) is 46.2 Å². The van der Waals surface area contributed by atoms with E-state index in [1.165, 1.54) is 6.07 Å². The van der Waals surface area contributed by atoms with E-state index in [0.29, 0.717) is 36.8 Å². The highest BCUT2D eigenvalue weighted by Crippen LogP contribution is 2.36. The average molecular weight is 686 g/mol. The molecule has 0 aliphatic heterocycles. The molecule has 0 atom stereocenters. The lowest BCUT2D eigenvalue weighted by Crippen LogP contribution is -2.42. The number of hydrogen-bond donors (Lipinski definition) is 2. The van der Waals surface area contributed by atoms with Gasteiger partial charge in [0.2, 0.25) is 5.88 Å². The van der Waals surface area contributed by atoms with Crippen molar-refractivity contribution in [1.82, 2.24) is 14.4 Å². The summed E-state index contributed by atoms with van der Waals surface area (Å²) >= 11 is 6.07. The quantitative estimate of drug-likeness (QED) is 0.177. The summed E-state index contributed by atoms with van der Waals surface area (Å²) in [5, 5.41) is -0.363. The van der Waals surface area contributed by atoms with Gasteiger partial charge in [-0.2, -0.15) is 26.3 Å². The fraction of sp³-hybridized carbons (Fsp3) is 0.571. The zero-order valence-corrected chi connectivity index (χ0v) is 27.0. The highest BCUT2D eigenvalue weighted by atomic mass is 35.5. The van der Waals surface area contributed by atoms with Gasteiger partial charge in [0.25, 0.3) is 0 Å². The largest absolute Gasteiger partial charge is 0.485 e. The van der Waals surface area contributed by atoms with Crippen molar-refractivity contribution < 1.29 is 54.8 Å². The molecule has 1 aromatic carbocycles. The number of rotatable bonds is 20. The van der Waals surface area contributed by atoms with Crippen molar-refractivity contribution in [3.05, 3.63) is 46.6 Å². The summed E-state index contributed by atoms with van der Waals surface area (Å²) in [6.45, 7) is 8.61. The zero-order chi connectivity index (χ0) is 33.5. The van der Waals surface area contributed by atoms with Gasteiger partial charge < -0.3 is 28.4 Å². The Bertz CT molecular complexity index is 1310. The Hall–Kier alpha value is -2.89. The third-order valence-electron chi connectivity index (χ3n) is 5.59. The summed E-state index contributed by atoms with van der Waals surface area (Å²) in [6.07, 6.45) is -5.28. The molecule has 0 fully saturated rings. The highest BCUT2D eigenvalue weighted by molar-refractivity contribution is 7.88. The van der Waals surface area contributed by atoms with Crippen LogP contribution in [0.2, 0.25) is 5.02 Å². The van der Waals surface area contributed by atoms with E-state index in [1.54, 1.807) is 30.7 Å². The Balaban J connectivity index is 2.12. The number of carbonyl (C=O) groups excluding carboxylic acids is 1. The number of nitrogens with one attached hydrogen (secondary N) is 2. The molecule has 0 aliphatic rings. The van der Waals surface area contributed by atoms with Gasteiger partial charge in [0.1, 0.15) is 22.6 Å². The molecular weight excluding hydrogens is 647 g/mol. The highest BCUT2D eigenvalue weighted by Gasteiger charge is 2.32. The average Bonchev–Trinajstić information content (AvgIpc) is 2.96. The molecule has 0 bridgehead atoms. The topological polar surface area (TPSA) is 144 Å². The summed E-state index contributed by atoms with van der Waals surface area (Å²) in [7, 11) is -4.15. The Morgan fingerprint density at radius 1 is 1.07 bits per heavy atom. The smallest absolute Gasteiger partial charge is 0.421 e. The molecule has 1 amide bonds. The summed E-state index contributed by atoms with van der Waals surface area (Å²) < 4.78 is 100. The van der Waals surface area contributed by atoms with E-state index < -0.39 is 34.1 Å². The minimum Gasteiger partial charge on any atom is -0.485 e. The van der Waals surface area contributed by atoms with Gasteiger partial charge in [0, 0.05) is 32.0 Å². The molecule has 0 saturated carbocycles. The first-order valence-electron chi connectivity index (χ1n) is 14.1. The first kappa shape index (κ1) is 38.3. The lowest BCUT2D eigenvalue weighted by atomic mass is 10.1. The maximum absolute atomic E-state index is 13.1. The van der Waals surface area contributed by atoms with Gasteiger partial charge >= 0.3 is 22.5 Å². The molecule has 0 unspecified atom stereocenters. The molecule has 1 aromatic heterocycles. The van der Waals surface area contributed by atoms with Crippen LogP contribution in [0.1, 0.15) is 45.2 Å². The van der Waals surface area contributed by atoms with Crippen molar-refractivity contribution in [3.63, 3.8) is 0 Å². The van der Waals surface area contributed by atoms with Crippen molar-refractivity contribution in [2.45, 2.75) is 58.9 Å². The minimum atomic E-state index is -4.64. The molecular formula is C28H39ClF3N3O9S. The molecule has 12 nitrogen and oxygen atoms in total. The van der Waals surface area contributed by atoms with Gasteiger partial charge in [-0.3, -0.25) is 0 Å². The van der Waals surface area contributed by atoms with E-state index in [4.69, 9.17) is 40.0 Å². The predicted octanol–water partition coefficient (Wildman–Crippen LogP) is 5.28. The van der Waals surface area contributed by atoms with E-state index in [9.17, 15) is 26.4 Å². The van der Waals surface area contributed by atoms with Crippen LogP contribution in [0.3, 0.4) is 0 Å². The molecule has 254 valence electrons. The van der Waals surface area contributed by atoms with Crippen molar-refractivity contribution >= 4 is 27.9 Å². The number of pyridine rings is 1. The van der Waals surface area contributed by atoms with Crippen molar-refractivity contribution in [2.24, 2.45) is 0 Å². The molecule has 0 spiro atoms. The van der Waals surface area contributed by atoms with Crippen LogP contribution >= 0.6 is 11.6 Å². The summed E-state index contributed by atoms with van der Waals surface area (Å²) in [6, 6.07) is 5.54. The zero-order valence-electron chi connectivity index (χ0n) is 25.4. The van der Waals surface area contributed by atoms with Gasteiger partial charge in [-0.05, 0) is 58.2 Å². The summed E-state index contributed by atoms with van der Waals surface area (Å²) in [5.74, 6) is 0.261. The lowest BCUT2D eigenvalue weighted by molar-refractivity contribution is -0.137. The van der Waals surface area contributed by atoms with E-state index in [0.717, 1.165) is 0 Å². The molecule has 2 N–H and O–H groups in total. The first-order valence-corrected chi connectivity index (χ1v) is 16.0. The Labute approximate surface area is 266 Å². The summed E-state index contributed by atoms with van der Waals surface area (Å²) in [4.78, 5) is 15.7. The number of nitrogens with zero attached hydrogens (tertiary/aromatic N) is 1. The number of ether oxygens (including phenoxy) is 6. The van der Waals surface area contributed by atoms with Crippen LogP contribution in [0.15, 0.2) is 30.5 Å². The molecule has 1 heterocycles. The number of carbonyl (C=O) groups is 1. The van der Waals surface area contributed by atoms with E-state index in [2.05, 4.69) is 9.71 Å². The Kier molecular flexibility index (Phi) is 16.1. The van der Waals surface area contributed by atoms with Crippen molar-refractivity contribution in [1.29, 1.82) is 0 Å². The fourth-order valence-corrected chi connectivity index (χ4v) is 4.46. The standard InChI is InChI=1S/C28H39ClF3N3O9S/c1-5-39-17-23(18-40-6-2)43-22-10-9-20(25(15-22)44-26-24(29)14-21(16-33-26)28(30,31)32)8-7-12-42-27(36)35-45(37,38)34-11-13-41-19(3)4/h9-10,14-16,19,23,34H,5-8,11-13,17-18H2,1-4H3,(H,35,36). The molecule has 0 saturated heterocycles. The van der Waals surface area contributed by atoms with E-state index in [-0.39, 0.29) is 68.6 Å². The van der Waals surface area contributed by atoms with Crippen LogP contribution in [-0.2, 0) is 41.8 Å². The van der Waals surface area contributed by atoms with Gasteiger partial charge in [0.15, 0.2) is 0 Å². The number of alkyl halides is 3. The molecule has 0 radical (unpaired) electrons. The number of halogens is 4. The SMILES string of the molecule is CCOCC(COCC)Oc1ccc(CCCOC(=O)NS(=O)(=O)NCCOC(C)C)c(Oc2ncc(C(F)(F)F)cc2Cl)c1. The lowest BCUT2D eigenvalue weighted by Gasteiger charge is -2.20. The normalized spacial score (nSPS) is 12.0. The maximum atomic E-state index is 13.1. The molecule has 17 heteroatoms. The number of aromatic nitrogens is 1. The Morgan fingerprint density at radius 3 is 2.36 bits per heavy atom. The fourth-order valence-electron chi connectivity index (χ4n) is 3.55.